The highest BCUT2D eigenvalue weighted by molar-refractivity contribution is 7.99. The zero-order valence-electron chi connectivity index (χ0n) is 32.1. The predicted molar refractivity (Wildman–Crippen MR) is 206 cm³/mol. The average molecular weight is 795 g/mol. The molecule has 0 radical (unpaired) electrons. The molecule has 11 rings (SSSR count). The molecule has 4 bridgehead atoms. The second-order valence-corrected chi connectivity index (χ2v) is 17.0. The van der Waals surface area contributed by atoms with Gasteiger partial charge in [0.15, 0.2) is 28.5 Å². The summed E-state index contributed by atoms with van der Waals surface area (Å²) in [6.45, 7) is 4.56. The summed E-state index contributed by atoms with van der Waals surface area (Å²) in [4.78, 5) is 32.3. The number of aryl methyl sites for hydroxylation is 1. The Balaban J connectivity index is 1.26. The first kappa shape index (κ1) is 36.4. The van der Waals surface area contributed by atoms with Crippen LogP contribution in [0.15, 0.2) is 34.7 Å². The van der Waals surface area contributed by atoms with Gasteiger partial charge in [0.1, 0.15) is 29.7 Å². The van der Waals surface area contributed by atoms with Gasteiger partial charge in [0.05, 0.1) is 37.1 Å². The number of likely N-dealkylation sites (N-methyl/N-ethyl adjacent to an activating group) is 1. The van der Waals surface area contributed by atoms with Crippen LogP contribution in [0, 0.1) is 25.2 Å². The molecule has 8 atom stereocenters. The van der Waals surface area contributed by atoms with Gasteiger partial charge in [-0.1, -0.05) is 24.3 Å². The molecule has 14 nitrogen and oxygen atoms in total. The summed E-state index contributed by atoms with van der Waals surface area (Å²) < 4.78 is 37.3. The number of phenols is 1. The molecule has 57 heavy (non-hydrogen) atoms. The summed E-state index contributed by atoms with van der Waals surface area (Å²) in [7, 11) is 3.52. The fourth-order valence-corrected chi connectivity index (χ4v) is 12.4. The minimum Gasteiger partial charge on any atom is -0.504 e. The third-order valence-electron chi connectivity index (χ3n) is 13.0. The molecule has 2 saturated heterocycles. The van der Waals surface area contributed by atoms with E-state index in [-0.39, 0.29) is 37.6 Å². The normalized spacial score (nSPS) is 29.8. The molecule has 15 heteroatoms. The lowest BCUT2D eigenvalue weighted by molar-refractivity contribution is -0.158. The molecule has 2 fully saturated rings. The van der Waals surface area contributed by atoms with Gasteiger partial charge >= 0.3 is 11.9 Å². The minimum atomic E-state index is -1.54. The van der Waals surface area contributed by atoms with Crippen molar-refractivity contribution in [3.8, 4) is 34.8 Å². The molecule has 3 N–H and O–H groups in total. The molecular weight excluding hydrogens is 753 g/mol. The number of aromatic hydroxyl groups is 1. The second kappa shape index (κ2) is 13.0. The third kappa shape index (κ3) is 4.91. The first-order chi connectivity index (χ1) is 27.5. The summed E-state index contributed by atoms with van der Waals surface area (Å²) in [6, 6.07) is 8.95. The summed E-state index contributed by atoms with van der Waals surface area (Å²) >= 11 is 1.45. The van der Waals surface area contributed by atoms with Gasteiger partial charge in [-0.05, 0) is 50.9 Å². The standard InChI is InChI=1S/C42H42N4O10S/c1-18-10-21-11-25-26(13-43)46-27-15-52-41(50)42(40-24(12-22(14-47)44-42)23-8-6-7-9-28(23)56-40)16-57-39(33(46)32(45(25)4)29(21)34(49)35(18)51-5)31-30(27)38-37(53-17-54-38)19(2)36(31)55-20(3)48/h6-10,22,25-27,32-33,39,44,47,49H,11-12,14-17H2,1-5H3/t22-,25-,26+,27+,32+,33?,39-,42-/m1/s1. The smallest absolute Gasteiger partial charge is 0.335 e. The van der Waals surface area contributed by atoms with Crippen molar-refractivity contribution in [1.29, 1.82) is 5.26 Å². The van der Waals surface area contributed by atoms with Gasteiger partial charge in [0, 0.05) is 64.0 Å². The lowest BCUT2D eigenvalue weighted by Gasteiger charge is -2.62. The highest BCUT2D eigenvalue weighted by atomic mass is 32.2. The van der Waals surface area contributed by atoms with Crippen LogP contribution in [0.1, 0.15) is 69.0 Å². The number of hydrogen-bond donors (Lipinski definition) is 3. The van der Waals surface area contributed by atoms with Crippen molar-refractivity contribution in [3.63, 3.8) is 0 Å². The Kier molecular flexibility index (Phi) is 8.31. The number of phenolic OH excluding ortho intramolecular Hbond substituents is 1. The van der Waals surface area contributed by atoms with Crippen molar-refractivity contribution < 1.29 is 47.9 Å². The number of benzene rings is 3. The number of para-hydroxylation sites is 1. The molecule has 0 saturated carbocycles. The Morgan fingerprint density at radius 1 is 1.12 bits per heavy atom. The van der Waals surface area contributed by atoms with E-state index in [9.17, 15) is 25.1 Å². The summed E-state index contributed by atoms with van der Waals surface area (Å²) in [5.74, 6) is 0.996. The monoisotopic (exact) mass is 794 g/mol. The summed E-state index contributed by atoms with van der Waals surface area (Å²) in [5, 5.41) is 37.6. The van der Waals surface area contributed by atoms with E-state index in [2.05, 4.69) is 21.2 Å². The second-order valence-electron chi connectivity index (χ2n) is 15.9. The van der Waals surface area contributed by atoms with Crippen molar-refractivity contribution in [1.82, 2.24) is 15.1 Å². The molecule has 1 unspecified atom stereocenters. The molecule has 7 aliphatic rings. The number of fused-ring (bicyclic) bond motifs is 11. The lowest BCUT2D eigenvalue weighted by Crippen LogP contribution is -2.69. The van der Waals surface area contributed by atoms with Gasteiger partial charge in [-0.2, -0.15) is 5.26 Å². The maximum absolute atomic E-state index is 15.0. The molecule has 0 aliphatic carbocycles. The van der Waals surface area contributed by atoms with E-state index in [1.807, 2.05) is 51.2 Å². The molecule has 4 aromatic rings. The largest absolute Gasteiger partial charge is 0.504 e. The van der Waals surface area contributed by atoms with Crippen molar-refractivity contribution in [2.75, 3.05) is 39.9 Å². The lowest BCUT2D eigenvalue weighted by atomic mass is 9.71. The molecular formula is C42H42N4O10S. The van der Waals surface area contributed by atoms with Crippen LogP contribution in [0.2, 0.25) is 0 Å². The van der Waals surface area contributed by atoms with E-state index in [1.54, 1.807) is 0 Å². The zero-order valence-corrected chi connectivity index (χ0v) is 32.9. The topological polar surface area (TPSA) is 176 Å². The molecule has 1 spiro atoms. The quantitative estimate of drug-likeness (QED) is 0.197. The van der Waals surface area contributed by atoms with Crippen LogP contribution < -0.4 is 24.3 Å². The number of esters is 2. The van der Waals surface area contributed by atoms with Gasteiger partial charge in [0.2, 0.25) is 6.79 Å². The highest BCUT2D eigenvalue weighted by Gasteiger charge is 2.62. The number of methoxy groups -OCH3 is 1. The molecule has 0 amide bonds. The Morgan fingerprint density at radius 3 is 2.67 bits per heavy atom. The van der Waals surface area contributed by atoms with E-state index in [4.69, 9.17) is 28.1 Å². The van der Waals surface area contributed by atoms with Crippen LogP contribution in [0.4, 0.5) is 0 Å². The van der Waals surface area contributed by atoms with Crippen molar-refractivity contribution in [2.45, 2.75) is 80.7 Å². The fraction of sp³-hybridized carbons (Fsp3) is 0.452. The average Bonchev–Trinajstić information content (AvgIpc) is 3.84. The van der Waals surface area contributed by atoms with Crippen LogP contribution in [-0.2, 0) is 32.7 Å². The van der Waals surface area contributed by atoms with Crippen molar-refractivity contribution in [2.24, 2.45) is 0 Å². The first-order valence-electron chi connectivity index (χ1n) is 19.1. The molecule has 7 aliphatic heterocycles. The van der Waals surface area contributed by atoms with Gasteiger partial charge in [-0.3, -0.25) is 19.9 Å². The van der Waals surface area contributed by atoms with E-state index >= 15 is 0 Å². The van der Waals surface area contributed by atoms with Crippen molar-refractivity contribution >= 4 is 34.7 Å². The first-order valence-corrected chi connectivity index (χ1v) is 20.2. The minimum absolute atomic E-state index is 0.0352. The van der Waals surface area contributed by atoms with E-state index in [1.165, 1.54) is 25.8 Å². The van der Waals surface area contributed by atoms with E-state index in [0.29, 0.717) is 69.4 Å². The third-order valence-corrected chi connectivity index (χ3v) is 14.4. The summed E-state index contributed by atoms with van der Waals surface area (Å²) in [5.41, 5.74) is 4.19. The number of piperazine rings is 1. The Labute approximate surface area is 332 Å². The van der Waals surface area contributed by atoms with Gasteiger partial charge in [0.25, 0.3) is 0 Å². The predicted octanol–water partition coefficient (Wildman–Crippen LogP) is 4.38. The SMILES string of the molecule is COc1c(C)cc2c(c1O)[C@H]1C3[C@@H]4SC[C@]5(N[C@@H](CO)Cc6c5oc5ccccc65)C(=O)OC[C@@H](c5c6c(c(C)c(OC(C)=O)c54)OCO6)N3[C@@H](C#N)[C@@H](C2)N1C. The number of aliphatic hydroxyl groups is 1. The Hall–Kier alpha value is -4.98. The maximum Gasteiger partial charge on any atom is 0.335 e. The van der Waals surface area contributed by atoms with Crippen LogP contribution in [0.25, 0.3) is 11.0 Å². The number of carbonyl (C=O) groups excluding carboxylic acids is 2. The Morgan fingerprint density at radius 2 is 1.91 bits per heavy atom. The number of nitrogens with zero attached hydrogens (tertiary/aromatic N) is 3. The van der Waals surface area contributed by atoms with Crippen LogP contribution in [0.5, 0.6) is 28.7 Å². The molecule has 296 valence electrons. The summed E-state index contributed by atoms with van der Waals surface area (Å²) in [6.07, 6.45) is 0.913. The van der Waals surface area contributed by atoms with E-state index < -0.39 is 52.9 Å². The number of carbonyl (C=O) groups is 2. The number of aliphatic hydroxyl groups excluding tert-OH is 1. The van der Waals surface area contributed by atoms with Crippen LogP contribution in [-0.4, -0.2) is 96.0 Å². The number of ether oxygens (including phenoxy) is 5. The Bertz CT molecular complexity index is 2450. The number of furan rings is 1. The number of thioether (sulfide) groups is 1. The molecule has 3 aromatic carbocycles. The van der Waals surface area contributed by atoms with Crippen LogP contribution >= 0.6 is 11.8 Å². The van der Waals surface area contributed by atoms with Gasteiger partial charge in [-0.15, -0.1) is 11.8 Å². The van der Waals surface area contributed by atoms with Crippen molar-refractivity contribution in [3.05, 3.63) is 75.0 Å². The van der Waals surface area contributed by atoms with Crippen LogP contribution in [0.3, 0.4) is 0 Å². The number of rotatable bonds is 3. The maximum atomic E-state index is 15.0. The van der Waals surface area contributed by atoms with Gasteiger partial charge < -0.3 is 38.3 Å². The fourth-order valence-electron chi connectivity index (χ4n) is 10.7. The number of nitrogens with one attached hydrogen (secondary N) is 1. The van der Waals surface area contributed by atoms with Gasteiger partial charge in [-0.25, -0.2) is 4.79 Å². The zero-order chi connectivity index (χ0) is 39.7. The molecule has 1 aromatic heterocycles. The molecule has 8 heterocycles. The van der Waals surface area contributed by atoms with E-state index in [0.717, 1.165) is 22.1 Å². The number of nitriles is 1. The number of hydrogen-bond acceptors (Lipinski definition) is 15. The highest BCUT2D eigenvalue weighted by Crippen LogP contribution is 2.64.